The van der Waals surface area contributed by atoms with Crippen LogP contribution in [-0.4, -0.2) is 54.1 Å². The summed E-state index contributed by atoms with van der Waals surface area (Å²) in [7, 11) is 3.29. The second-order valence-electron chi connectivity index (χ2n) is 6.00. The quantitative estimate of drug-likeness (QED) is 0.303. The minimum absolute atomic E-state index is 0.0966. The number of hydrogen-bond donors (Lipinski definition) is 1. The van der Waals surface area contributed by atoms with Crippen molar-refractivity contribution in [3.05, 3.63) is 64.2 Å². The highest BCUT2D eigenvalue weighted by molar-refractivity contribution is 8.00. The van der Waals surface area contributed by atoms with Gasteiger partial charge in [-0.2, -0.15) is 0 Å². The molecule has 0 aromatic heterocycles. The summed E-state index contributed by atoms with van der Waals surface area (Å²) in [5.41, 5.74) is 0.498. The lowest BCUT2D eigenvalue weighted by molar-refractivity contribution is -0.384. The van der Waals surface area contributed by atoms with E-state index < -0.39 is 23.4 Å². The van der Waals surface area contributed by atoms with Crippen LogP contribution in [0.3, 0.4) is 0 Å². The van der Waals surface area contributed by atoms with E-state index >= 15 is 0 Å². The molecule has 0 unspecified atom stereocenters. The minimum atomic E-state index is -0.691. The first-order chi connectivity index (χ1) is 13.8. The van der Waals surface area contributed by atoms with Gasteiger partial charge in [-0.25, -0.2) is 4.79 Å². The average Bonchev–Trinajstić information content (AvgIpc) is 2.70. The van der Waals surface area contributed by atoms with E-state index in [1.165, 1.54) is 40.9 Å². The number of esters is 1. The van der Waals surface area contributed by atoms with Gasteiger partial charge in [-0.05, 0) is 24.3 Å². The molecule has 10 heteroatoms. The summed E-state index contributed by atoms with van der Waals surface area (Å²) in [5, 5.41) is 13.1. The third kappa shape index (κ3) is 6.61. The molecule has 0 aliphatic heterocycles. The van der Waals surface area contributed by atoms with E-state index in [1.807, 2.05) is 0 Å². The Bertz CT molecular complexity index is 914. The number of non-ortho nitro benzene ring substituents is 1. The summed E-state index contributed by atoms with van der Waals surface area (Å²) in [6, 6.07) is 11.9. The molecule has 152 valence electrons. The lowest BCUT2D eigenvalue weighted by Gasteiger charge is -2.12. The Morgan fingerprint density at radius 1 is 1.10 bits per heavy atom. The summed E-state index contributed by atoms with van der Waals surface area (Å²) in [4.78, 5) is 48.2. The number of nitrogens with zero attached hydrogens (tertiary/aromatic N) is 2. The lowest BCUT2D eigenvalue weighted by atomic mass is 10.2. The molecule has 2 aromatic rings. The highest BCUT2D eigenvalue weighted by Crippen LogP contribution is 2.23. The van der Waals surface area contributed by atoms with Crippen molar-refractivity contribution in [2.45, 2.75) is 4.90 Å². The number of nitro groups is 1. The predicted molar refractivity (Wildman–Crippen MR) is 108 cm³/mol. The van der Waals surface area contributed by atoms with Crippen molar-refractivity contribution in [3.8, 4) is 0 Å². The van der Waals surface area contributed by atoms with Crippen molar-refractivity contribution in [2.75, 3.05) is 31.8 Å². The highest BCUT2D eigenvalue weighted by Gasteiger charge is 2.16. The summed E-state index contributed by atoms with van der Waals surface area (Å²) in [6.45, 7) is -0.522. The molecule has 0 saturated heterocycles. The van der Waals surface area contributed by atoms with Gasteiger partial charge in [0.05, 0.1) is 16.2 Å². The highest BCUT2D eigenvalue weighted by atomic mass is 32.2. The van der Waals surface area contributed by atoms with Crippen LogP contribution in [-0.2, 0) is 14.3 Å². The lowest BCUT2D eigenvalue weighted by Crippen LogP contribution is -2.23. The maximum absolute atomic E-state index is 12.3. The third-order valence-electron chi connectivity index (χ3n) is 3.65. The summed E-state index contributed by atoms with van der Waals surface area (Å²) in [6.07, 6.45) is 0. The van der Waals surface area contributed by atoms with Gasteiger partial charge in [-0.1, -0.05) is 12.1 Å². The van der Waals surface area contributed by atoms with Crippen LogP contribution in [0.1, 0.15) is 10.4 Å². The van der Waals surface area contributed by atoms with Gasteiger partial charge in [0.1, 0.15) is 0 Å². The van der Waals surface area contributed by atoms with Crippen molar-refractivity contribution < 1.29 is 24.0 Å². The van der Waals surface area contributed by atoms with E-state index in [4.69, 9.17) is 4.74 Å². The number of hydrogen-bond acceptors (Lipinski definition) is 7. The second kappa shape index (κ2) is 10.2. The fourth-order valence-corrected chi connectivity index (χ4v) is 3.12. The predicted octanol–water partition coefficient (Wildman–Crippen LogP) is 2.57. The van der Waals surface area contributed by atoms with Crippen LogP contribution in [0.25, 0.3) is 0 Å². The number of carbonyl (C=O) groups excluding carboxylic acids is 3. The van der Waals surface area contributed by atoms with E-state index in [1.54, 1.807) is 38.4 Å². The van der Waals surface area contributed by atoms with Crippen LogP contribution in [0, 0.1) is 10.1 Å². The standard InChI is InChI=1S/C19H19N3O6S/c1-21(2)18(24)12-29-16-6-4-3-5-15(16)19(25)28-11-17(23)20-13-7-9-14(10-8-13)22(26)27/h3-10H,11-12H2,1-2H3,(H,20,23). The Morgan fingerprint density at radius 3 is 2.38 bits per heavy atom. The maximum atomic E-state index is 12.3. The monoisotopic (exact) mass is 417 g/mol. The van der Waals surface area contributed by atoms with E-state index in [0.717, 1.165) is 0 Å². The molecule has 29 heavy (non-hydrogen) atoms. The van der Waals surface area contributed by atoms with Crippen LogP contribution in [0.2, 0.25) is 0 Å². The van der Waals surface area contributed by atoms with E-state index in [9.17, 15) is 24.5 Å². The second-order valence-corrected chi connectivity index (χ2v) is 7.02. The van der Waals surface area contributed by atoms with Gasteiger partial charge in [0.15, 0.2) is 6.61 Å². The van der Waals surface area contributed by atoms with Crippen molar-refractivity contribution in [2.24, 2.45) is 0 Å². The van der Waals surface area contributed by atoms with Gasteiger partial charge >= 0.3 is 5.97 Å². The Morgan fingerprint density at radius 2 is 1.76 bits per heavy atom. The topological polar surface area (TPSA) is 119 Å². The first-order valence-electron chi connectivity index (χ1n) is 8.41. The first-order valence-corrected chi connectivity index (χ1v) is 9.40. The molecule has 0 radical (unpaired) electrons. The Balaban J connectivity index is 1.92. The molecule has 0 atom stereocenters. The Labute approximate surface area is 171 Å². The maximum Gasteiger partial charge on any atom is 0.339 e. The SMILES string of the molecule is CN(C)C(=O)CSc1ccccc1C(=O)OCC(=O)Nc1ccc([N+](=O)[O-])cc1. The average molecular weight is 417 g/mol. The molecule has 9 nitrogen and oxygen atoms in total. The summed E-state index contributed by atoms with van der Waals surface area (Å²) in [5.74, 6) is -1.21. The molecule has 0 fully saturated rings. The number of nitrogens with one attached hydrogen (secondary N) is 1. The van der Waals surface area contributed by atoms with Crippen molar-refractivity contribution in [3.63, 3.8) is 0 Å². The van der Waals surface area contributed by atoms with Crippen molar-refractivity contribution in [1.29, 1.82) is 0 Å². The van der Waals surface area contributed by atoms with Crippen LogP contribution < -0.4 is 5.32 Å². The van der Waals surface area contributed by atoms with Crippen LogP contribution in [0.15, 0.2) is 53.4 Å². The Hall–Kier alpha value is -3.40. The molecule has 2 rings (SSSR count). The molecule has 0 heterocycles. The number of ether oxygens (including phenoxy) is 1. The van der Waals surface area contributed by atoms with Gasteiger partial charge < -0.3 is 15.0 Å². The number of anilines is 1. The molecular formula is C19H19N3O6S. The number of amides is 2. The van der Waals surface area contributed by atoms with Gasteiger partial charge in [0.25, 0.3) is 11.6 Å². The Kier molecular flexibility index (Phi) is 7.72. The summed E-state index contributed by atoms with van der Waals surface area (Å²) < 4.78 is 5.05. The van der Waals surface area contributed by atoms with Gasteiger partial charge in [-0.15, -0.1) is 11.8 Å². The molecular weight excluding hydrogens is 398 g/mol. The molecule has 2 aromatic carbocycles. The third-order valence-corrected chi connectivity index (χ3v) is 4.71. The molecule has 0 aliphatic rings. The molecule has 0 bridgehead atoms. The smallest absolute Gasteiger partial charge is 0.339 e. The fourth-order valence-electron chi connectivity index (χ4n) is 2.10. The van der Waals surface area contributed by atoms with Gasteiger partial charge in [0.2, 0.25) is 5.91 Å². The number of thioether (sulfide) groups is 1. The van der Waals surface area contributed by atoms with Crippen molar-refractivity contribution >= 4 is 40.9 Å². The largest absolute Gasteiger partial charge is 0.452 e. The van der Waals surface area contributed by atoms with E-state index in [2.05, 4.69) is 5.32 Å². The molecule has 2 amide bonds. The number of benzene rings is 2. The molecule has 0 aliphatic carbocycles. The van der Waals surface area contributed by atoms with Crippen LogP contribution in [0.5, 0.6) is 0 Å². The van der Waals surface area contributed by atoms with Gasteiger partial charge in [-0.3, -0.25) is 19.7 Å². The van der Waals surface area contributed by atoms with Crippen LogP contribution >= 0.6 is 11.8 Å². The number of carbonyl (C=O) groups is 3. The zero-order valence-electron chi connectivity index (χ0n) is 15.8. The fraction of sp³-hybridized carbons (Fsp3) is 0.211. The number of nitro benzene ring substituents is 1. The molecule has 1 N–H and O–H groups in total. The van der Waals surface area contributed by atoms with E-state index in [0.29, 0.717) is 10.6 Å². The zero-order valence-corrected chi connectivity index (χ0v) is 16.6. The minimum Gasteiger partial charge on any atom is -0.452 e. The van der Waals surface area contributed by atoms with E-state index in [-0.39, 0.29) is 22.9 Å². The van der Waals surface area contributed by atoms with Gasteiger partial charge in [0, 0.05) is 36.8 Å². The van der Waals surface area contributed by atoms with Crippen molar-refractivity contribution in [1.82, 2.24) is 4.90 Å². The first kappa shape index (κ1) is 21.9. The van der Waals surface area contributed by atoms with Crippen LogP contribution in [0.4, 0.5) is 11.4 Å². The number of rotatable bonds is 8. The molecule has 0 spiro atoms. The zero-order chi connectivity index (χ0) is 21.4. The molecule has 0 saturated carbocycles. The summed E-state index contributed by atoms with van der Waals surface area (Å²) >= 11 is 1.20. The normalized spacial score (nSPS) is 10.1.